The molecule has 0 aliphatic carbocycles. The van der Waals surface area contributed by atoms with Crippen LogP contribution in [0.4, 0.5) is 5.82 Å². The second kappa shape index (κ2) is 8.84. The summed E-state index contributed by atoms with van der Waals surface area (Å²) in [5.74, 6) is 0.933. The van der Waals surface area contributed by atoms with E-state index in [1.807, 2.05) is 37.4 Å². The molecule has 0 N–H and O–H groups in total. The second-order valence-electron chi connectivity index (χ2n) is 8.48. The summed E-state index contributed by atoms with van der Waals surface area (Å²) in [5, 5.41) is 0. The first-order valence-corrected chi connectivity index (χ1v) is 12.0. The van der Waals surface area contributed by atoms with E-state index in [9.17, 15) is 8.42 Å². The van der Waals surface area contributed by atoms with E-state index in [1.165, 1.54) is 0 Å². The fourth-order valence-corrected chi connectivity index (χ4v) is 5.93. The molecule has 1 aliphatic heterocycles. The van der Waals surface area contributed by atoms with Crippen LogP contribution in [0.3, 0.4) is 0 Å². The van der Waals surface area contributed by atoms with Crippen LogP contribution in [0.5, 0.6) is 0 Å². The molecular weight excluding hydrogens is 382 g/mol. The van der Waals surface area contributed by atoms with Crippen molar-refractivity contribution in [3.8, 4) is 0 Å². The highest BCUT2D eigenvalue weighted by molar-refractivity contribution is 7.89. The van der Waals surface area contributed by atoms with Gasteiger partial charge in [0.1, 0.15) is 5.82 Å². The van der Waals surface area contributed by atoms with Crippen LogP contribution in [0.15, 0.2) is 47.5 Å². The molecule has 0 amide bonds. The number of hydrogen-bond acceptors (Lipinski definition) is 4. The van der Waals surface area contributed by atoms with Gasteiger partial charge in [0.05, 0.1) is 10.9 Å². The summed E-state index contributed by atoms with van der Waals surface area (Å²) in [5.41, 5.74) is 2.02. The predicted octanol–water partition coefficient (Wildman–Crippen LogP) is 4.93. The van der Waals surface area contributed by atoms with Gasteiger partial charge in [-0.3, -0.25) is 0 Å². The van der Waals surface area contributed by atoms with Gasteiger partial charge in [-0.2, -0.15) is 4.31 Å². The first-order chi connectivity index (χ1) is 13.7. The third-order valence-corrected chi connectivity index (χ3v) is 7.54. The first kappa shape index (κ1) is 21.8. The van der Waals surface area contributed by atoms with E-state index < -0.39 is 10.0 Å². The topological polar surface area (TPSA) is 53.5 Å². The molecule has 5 nitrogen and oxygen atoms in total. The number of benzene rings is 1. The third-order valence-electron chi connectivity index (χ3n) is 5.61. The number of anilines is 1. The normalized spacial score (nSPS) is 18.4. The molecule has 29 heavy (non-hydrogen) atoms. The predicted molar refractivity (Wildman–Crippen MR) is 119 cm³/mol. The summed E-state index contributed by atoms with van der Waals surface area (Å²) in [7, 11) is -3.53. The standard InChI is InChI=1S/C23H33N3O2S/c1-17(2)26(18(3)4)23-14-11-20(16-24-23)22-8-6-7-15-25(22)29(27,28)21-12-9-19(5)10-13-21/h9-14,16-18,22H,6-8,15H2,1-5H3. The van der Waals surface area contributed by atoms with Crippen molar-refractivity contribution in [3.63, 3.8) is 0 Å². The first-order valence-electron chi connectivity index (χ1n) is 10.5. The maximum absolute atomic E-state index is 13.3. The molecule has 1 aromatic heterocycles. The Hall–Kier alpha value is -1.92. The van der Waals surface area contributed by atoms with Crippen molar-refractivity contribution in [2.24, 2.45) is 0 Å². The lowest BCUT2D eigenvalue weighted by Gasteiger charge is -2.35. The number of hydrogen-bond donors (Lipinski definition) is 0. The summed E-state index contributed by atoms with van der Waals surface area (Å²) < 4.78 is 28.3. The van der Waals surface area contributed by atoms with Crippen LogP contribution >= 0.6 is 0 Å². The average Bonchev–Trinajstić information content (AvgIpc) is 2.68. The molecule has 2 heterocycles. The number of nitrogens with zero attached hydrogens (tertiary/aromatic N) is 3. The molecule has 6 heteroatoms. The van der Waals surface area contributed by atoms with Crippen LogP contribution in [0.1, 0.15) is 64.1 Å². The maximum atomic E-state index is 13.3. The fourth-order valence-electron chi connectivity index (χ4n) is 4.24. The highest BCUT2D eigenvalue weighted by atomic mass is 32.2. The Morgan fingerprint density at radius 2 is 1.66 bits per heavy atom. The SMILES string of the molecule is Cc1ccc(S(=O)(=O)N2CCCCC2c2ccc(N(C(C)C)C(C)C)nc2)cc1. The van der Waals surface area contributed by atoms with Crippen molar-refractivity contribution < 1.29 is 8.42 Å². The van der Waals surface area contributed by atoms with Gasteiger partial charge < -0.3 is 4.90 Å². The van der Waals surface area contributed by atoms with Crippen molar-refractivity contribution in [3.05, 3.63) is 53.7 Å². The van der Waals surface area contributed by atoms with Gasteiger partial charge in [-0.15, -0.1) is 0 Å². The third kappa shape index (κ3) is 4.64. The summed E-state index contributed by atoms with van der Waals surface area (Å²) >= 11 is 0. The molecule has 0 bridgehead atoms. The minimum Gasteiger partial charge on any atom is -0.352 e. The lowest BCUT2D eigenvalue weighted by molar-refractivity contribution is 0.255. The summed E-state index contributed by atoms with van der Waals surface area (Å²) in [4.78, 5) is 7.34. The van der Waals surface area contributed by atoms with Gasteiger partial charge in [-0.05, 0) is 71.2 Å². The molecule has 0 spiro atoms. The van der Waals surface area contributed by atoms with E-state index in [-0.39, 0.29) is 6.04 Å². The largest absolute Gasteiger partial charge is 0.352 e. The highest BCUT2D eigenvalue weighted by Crippen LogP contribution is 2.35. The molecule has 2 aromatic rings. The van der Waals surface area contributed by atoms with Gasteiger partial charge in [0, 0.05) is 24.8 Å². The fraction of sp³-hybridized carbons (Fsp3) is 0.522. The zero-order chi connectivity index (χ0) is 21.2. The van der Waals surface area contributed by atoms with Gasteiger partial charge in [-0.1, -0.05) is 30.2 Å². The molecule has 0 radical (unpaired) electrons. The summed E-state index contributed by atoms with van der Waals surface area (Å²) in [6, 6.07) is 11.7. The quantitative estimate of drug-likeness (QED) is 0.671. The van der Waals surface area contributed by atoms with Gasteiger partial charge >= 0.3 is 0 Å². The zero-order valence-corrected chi connectivity index (χ0v) is 19.0. The van der Waals surface area contributed by atoms with Crippen LogP contribution in [-0.4, -0.2) is 36.3 Å². The summed E-state index contributed by atoms with van der Waals surface area (Å²) in [6.07, 6.45) is 4.60. The van der Waals surface area contributed by atoms with Crippen LogP contribution in [-0.2, 0) is 10.0 Å². The number of sulfonamides is 1. The van der Waals surface area contributed by atoms with Crippen LogP contribution in [0.25, 0.3) is 0 Å². The monoisotopic (exact) mass is 415 g/mol. The molecule has 1 atom stereocenters. The molecule has 1 aliphatic rings. The summed E-state index contributed by atoms with van der Waals surface area (Å²) in [6.45, 7) is 11.1. The van der Waals surface area contributed by atoms with Crippen molar-refractivity contribution in [1.29, 1.82) is 0 Å². The molecule has 0 saturated carbocycles. The average molecular weight is 416 g/mol. The second-order valence-corrected chi connectivity index (χ2v) is 10.4. The van der Waals surface area contributed by atoms with Crippen molar-refractivity contribution in [2.75, 3.05) is 11.4 Å². The van der Waals surface area contributed by atoms with E-state index in [1.54, 1.807) is 16.4 Å². The Bertz CT molecular complexity index is 898. The van der Waals surface area contributed by atoms with Gasteiger partial charge in [-0.25, -0.2) is 13.4 Å². The molecular formula is C23H33N3O2S. The van der Waals surface area contributed by atoms with Crippen LogP contribution in [0, 0.1) is 6.92 Å². The van der Waals surface area contributed by atoms with Gasteiger partial charge in [0.25, 0.3) is 0 Å². The van der Waals surface area contributed by atoms with E-state index in [2.05, 4.69) is 32.6 Å². The molecule has 1 fully saturated rings. The number of aryl methyl sites for hydroxylation is 1. The number of pyridine rings is 1. The molecule has 3 rings (SSSR count). The minimum atomic E-state index is -3.53. The number of piperidine rings is 1. The lowest BCUT2D eigenvalue weighted by Crippen LogP contribution is -2.39. The molecule has 1 aromatic carbocycles. The van der Waals surface area contributed by atoms with Gasteiger partial charge in [0.15, 0.2) is 0 Å². The smallest absolute Gasteiger partial charge is 0.243 e. The van der Waals surface area contributed by atoms with E-state index >= 15 is 0 Å². The Morgan fingerprint density at radius 3 is 2.21 bits per heavy atom. The van der Waals surface area contributed by atoms with E-state index in [4.69, 9.17) is 4.98 Å². The highest BCUT2D eigenvalue weighted by Gasteiger charge is 2.34. The molecule has 1 unspecified atom stereocenters. The van der Waals surface area contributed by atoms with Crippen molar-refractivity contribution in [2.45, 2.75) is 76.9 Å². The number of aromatic nitrogens is 1. The maximum Gasteiger partial charge on any atom is 0.243 e. The lowest BCUT2D eigenvalue weighted by atomic mass is 9.99. The Balaban J connectivity index is 1.91. The van der Waals surface area contributed by atoms with Crippen molar-refractivity contribution >= 4 is 15.8 Å². The zero-order valence-electron chi connectivity index (χ0n) is 18.2. The molecule has 158 valence electrons. The Morgan fingerprint density at radius 1 is 1.00 bits per heavy atom. The van der Waals surface area contributed by atoms with Crippen LogP contribution < -0.4 is 4.90 Å². The minimum absolute atomic E-state index is 0.164. The molecule has 1 saturated heterocycles. The van der Waals surface area contributed by atoms with Crippen LogP contribution in [0.2, 0.25) is 0 Å². The Labute approximate surface area is 175 Å². The van der Waals surface area contributed by atoms with E-state index in [0.29, 0.717) is 23.5 Å². The van der Waals surface area contributed by atoms with Gasteiger partial charge in [0.2, 0.25) is 10.0 Å². The Kier molecular flexibility index (Phi) is 6.64. The number of rotatable bonds is 6. The van der Waals surface area contributed by atoms with E-state index in [0.717, 1.165) is 36.2 Å². The van der Waals surface area contributed by atoms with Crippen molar-refractivity contribution in [1.82, 2.24) is 9.29 Å².